The molecule has 6 nitrogen and oxygen atoms in total. The van der Waals surface area contributed by atoms with E-state index in [4.69, 9.17) is 14.3 Å². The topological polar surface area (TPSA) is 84.9 Å². The largest absolute Gasteiger partial charge is 0.489 e. The number of hydrogen-bond acceptors (Lipinski definition) is 5. The first-order chi connectivity index (χ1) is 19.0. The smallest absolute Gasteiger partial charge is 0.330 e. The van der Waals surface area contributed by atoms with Gasteiger partial charge in [0.15, 0.2) is 11.5 Å². The number of aryl methyl sites for hydroxylation is 1. The van der Waals surface area contributed by atoms with Gasteiger partial charge in [0.25, 0.3) is 0 Å². The van der Waals surface area contributed by atoms with Crippen LogP contribution in [0.2, 0.25) is 0 Å². The van der Waals surface area contributed by atoms with Crippen LogP contribution < -0.4 is 14.8 Å². The molecule has 200 valence electrons. The Labute approximate surface area is 229 Å². The zero-order valence-corrected chi connectivity index (χ0v) is 22.1. The minimum atomic E-state index is -1.10. The number of carbonyl (C=O) groups excluding carboxylic acids is 1. The molecule has 0 saturated heterocycles. The lowest BCUT2D eigenvalue weighted by Crippen LogP contribution is -2.47. The number of fused-ring (bicyclic) bond motifs is 1. The molecule has 0 heterocycles. The van der Waals surface area contributed by atoms with Crippen LogP contribution in [0.15, 0.2) is 97.1 Å². The number of nitrogens with one attached hydrogen (secondary N) is 1. The Morgan fingerprint density at radius 2 is 1.49 bits per heavy atom. The van der Waals surface area contributed by atoms with Crippen molar-refractivity contribution in [3.63, 3.8) is 0 Å². The first-order valence-corrected chi connectivity index (χ1v) is 12.9. The summed E-state index contributed by atoms with van der Waals surface area (Å²) in [6.45, 7) is 4.97. The van der Waals surface area contributed by atoms with Crippen LogP contribution in [0.1, 0.15) is 27.8 Å². The summed E-state index contributed by atoms with van der Waals surface area (Å²) < 4.78 is 12.3. The van der Waals surface area contributed by atoms with Crippen molar-refractivity contribution in [2.75, 3.05) is 11.9 Å². The number of carbonyl (C=O) groups is 2. The summed E-state index contributed by atoms with van der Waals surface area (Å²) in [6.07, 6.45) is 1.61. The van der Waals surface area contributed by atoms with Gasteiger partial charge >= 0.3 is 5.97 Å². The van der Waals surface area contributed by atoms with Crippen molar-refractivity contribution < 1.29 is 24.2 Å². The molecule has 1 aliphatic carbocycles. The van der Waals surface area contributed by atoms with Gasteiger partial charge in [-0.3, -0.25) is 0 Å². The van der Waals surface area contributed by atoms with Crippen LogP contribution in [-0.4, -0.2) is 30.0 Å². The molecule has 2 N–H and O–H groups in total. The molecule has 39 heavy (non-hydrogen) atoms. The van der Waals surface area contributed by atoms with Gasteiger partial charge in [-0.2, -0.15) is 0 Å². The third-order valence-corrected chi connectivity index (χ3v) is 6.81. The number of benzene rings is 4. The Balaban J connectivity index is 0.00000172. The summed E-state index contributed by atoms with van der Waals surface area (Å²) in [6, 6.07) is 31.8. The van der Waals surface area contributed by atoms with Crippen LogP contribution >= 0.6 is 0 Å². The first kappa shape index (κ1) is 27.5. The average Bonchev–Trinajstić information content (AvgIpc) is 3.34. The summed E-state index contributed by atoms with van der Waals surface area (Å²) in [5.74, 6) is 0.345. The normalized spacial score (nSPS) is 12.9. The molecular weight excluding hydrogens is 490 g/mol. The van der Waals surface area contributed by atoms with E-state index in [9.17, 15) is 9.90 Å². The second-order valence-electron chi connectivity index (χ2n) is 9.66. The molecule has 0 bridgehead atoms. The van der Waals surface area contributed by atoms with E-state index in [2.05, 4.69) is 36.5 Å². The van der Waals surface area contributed by atoms with Gasteiger partial charge in [0, 0.05) is 31.0 Å². The summed E-state index contributed by atoms with van der Waals surface area (Å²) in [7, 11) is 0. The van der Waals surface area contributed by atoms with Crippen molar-refractivity contribution >= 4 is 18.4 Å². The van der Waals surface area contributed by atoms with Gasteiger partial charge in [0.2, 0.25) is 0 Å². The van der Waals surface area contributed by atoms with E-state index in [1.165, 1.54) is 11.1 Å². The van der Waals surface area contributed by atoms with Crippen LogP contribution in [-0.2, 0) is 35.5 Å². The number of carboxylic acids is 1. The molecule has 0 radical (unpaired) electrons. The summed E-state index contributed by atoms with van der Waals surface area (Å²) >= 11 is 0. The minimum absolute atomic E-state index is 0.413. The van der Waals surface area contributed by atoms with E-state index >= 15 is 0 Å². The third kappa shape index (κ3) is 6.85. The van der Waals surface area contributed by atoms with Crippen molar-refractivity contribution in [2.45, 2.75) is 38.3 Å². The molecular formula is C33H33NO5. The van der Waals surface area contributed by atoms with Crippen LogP contribution in [0.3, 0.4) is 0 Å². The second kappa shape index (κ2) is 12.8. The van der Waals surface area contributed by atoms with Crippen molar-refractivity contribution in [2.24, 2.45) is 0 Å². The maximum absolute atomic E-state index is 12.4. The van der Waals surface area contributed by atoms with E-state index in [1.807, 2.05) is 79.6 Å². The molecule has 0 fully saturated rings. The number of carboxylic acid groups (broad SMARTS) is 1. The molecule has 0 amide bonds. The molecule has 0 atom stereocenters. The highest BCUT2D eigenvalue weighted by atomic mass is 16.5. The lowest BCUT2D eigenvalue weighted by molar-refractivity contribution is -0.142. The Morgan fingerprint density at radius 1 is 0.821 bits per heavy atom. The highest BCUT2D eigenvalue weighted by molar-refractivity contribution is 5.85. The van der Waals surface area contributed by atoms with Crippen LogP contribution in [0, 0.1) is 6.92 Å². The molecule has 0 aromatic heterocycles. The summed E-state index contributed by atoms with van der Waals surface area (Å²) in [5, 5.41) is 13.5. The van der Waals surface area contributed by atoms with E-state index < -0.39 is 11.5 Å². The van der Waals surface area contributed by atoms with Crippen molar-refractivity contribution in [1.82, 2.24) is 0 Å². The maximum Gasteiger partial charge on any atom is 0.330 e. The van der Waals surface area contributed by atoms with Crippen molar-refractivity contribution in [3.05, 3.63) is 125 Å². The molecule has 4 aromatic rings. The Bertz CT molecular complexity index is 1380. The zero-order valence-electron chi connectivity index (χ0n) is 22.1. The van der Waals surface area contributed by atoms with Gasteiger partial charge in [-0.25, -0.2) is 4.79 Å². The number of hydrogen-bond donors (Lipinski definition) is 2. The van der Waals surface area contributed by atoms with Gasteiger partial charge in [-0.15, -0.1) is 0 Å². The van der Waals surface area contributed by atoms with Gasteiger partial charge in [0.1, 0.15) is 18.9 Å². The van der Waals surface area contributed by atoms with E-state index in [-0.39, 0.29) is 0 Å². The van der Waals surface area contributed by atoms with Crippen LogP contribution in [0.25, 0.3) is 0 Å². The molecule has 0 saturated carbocycles. The number of rotatable bonds is 10. The molecule has 6 heteroatoms. The molecule has 5 rings (SSSR count). The molecule has 1 aliphatic rings. The predicted molar refractivity (Wildman–Crippen MR) is 153 cm³/mol. The standard InChI is InChI=1S/C32H31NO4.CH2O/c1-23-8-7-11-24(18-23)16-17-36-30-19-28(14-15-29(30)37-22-25-9-3-2-4-10-25)33-32(31(34)35)20-26-12-5-6-13-27(26)21-32;1-2/h2-15,18-19,33H,16-17,20-22H2,1H3,(H,34,35);1H2. The monoisotopic (exact) mass is 523 g/mol. The number of aliphatic carboxylic acids is 1. The third-order valence-electron chi connectivity index (χ3n) is 6.81. The van der Waals surface area contributed by atoms with E-state index in [0.717, 1.165) is 23.1 Å². The van der Waals surface area contributed by atoms with Crippen LogP contribution in [0.5, 0.6) is 11.5 Å². The van der Waals surface area contributed by atoms with E-state index in [0.29, 0.717) is 43.2 Å². The summed E-state index contributed by atoms with van der Waals surface area (Å²) in [4.78, 5) is 20.4. The van der Waals surface area contributed by atoms with Crippen molar-refractivity contribution in [1.29, 1.82) is 0 Å². The van der Waals surface area contributed by atoms with Gasteiger partial charge in [0.05, 0.1) is 6.61 Å². The Kier molecular flexibility index (Phi) is 9.00. The predicted octanol–water partition coefficient (Wildman–Crippen LogP) is 6.04. The number of anilines is 1. The van der Waals surface area contributed by atoms with Gasteiger partial charge in [-0.05, 0) is 41.3 Å². The quantitative estimate of drug-likeness (QED) is 0.263. The first-order valence-electron chi connectivity index (χ1n) is 12.9. The SMILES string of the molecule is C=O.Cc1cccc(CCOc2cc(NC3(C(=O)O)Cc4ccccc4C3)ccc2OCc2ccccc2)c1. The lowest BCUT2D eigenvalue weighted by atomic mass is 9.95. The summed E-state index contributed by atoms with van der Waals surface area (Å²) in [5.41, 5.74) is 5.19. The number of ether oxygens (including phenoxy) is 2. The van der Waals surface area contributed by atoms with E-state index in [1.54, 1.807) is 0 Å². The fraction of sp³-hybridized carbons (Fsp3) is 0.212. The van der Waals surface area contributed by atoms with Gasteiger partial charge in [-0.1, -0.05) is 84.4 Å². The molecule has 0 spiro atoms. The minimum Gasteiger partial charge on any atom is -0.489 e. The second-order valence-corrected chi connectivity index (χ2v) is 9.66. The Hall–Kier alpha value is -4.58. The molecule has 0 unspecified atom stereocenters. The highest BCUT2D eigenvalue weighted by Gasteiger charge is 2.44. The zero-order chi connectivity index (χ0) is 27.7. The fourth-order valence-corrected chi connectivity index (χ4v) is 4.88. The lowest BCUT2D eigenvalue weighted by Gasteiger charge is -2.27. The Morgan fingerprint density at radius 3 is 2.15 bits per heavy atom. The van der Waals surface area contributed by atoms with Crippen LogP contribution in [0.4, 0.5) is 5.69 Å². The average molecular weight is 524 g/mol. The fourth-order valence-electron chi connectivity index (χ4n) is 4.88. The van der Waals surface area contributed by atoms with Crippen molar-refractivity contribution in [3.8, 4) is 11.5 Å². The molecule has 0 aliphatic heterocycles. The highest BCUT2D eigenvalue weighted by Crippen LogP contribution is 2.37. The maximum atomic E-state index is 12.4. The van der Waals surface area contributed by atoms with Gasteiger partial charge < -0.3 is 24.7 Å². The molecule has 4 aromatic carbocycles.